The number of hydrogen-bond donors (Lipinski definition) is 0. The molecule has 0 saturated carbocycles. The van der Waals surface area contributed by atoms with Crippen LogP contribution in [-0.4, -0.2) is 23.9 Å². The van der Waals surface area contributed by atoms with Crippen LogP contribution in [0, 0.1) is 26.2 Å². The van der Waals surface area contributed by atoms with Crippen LogP contribution >= 0.6 is 39.9 Å². The number of anilines is 1. The summed E-state index contributed by atoms with van der Waals surface area (Å²) in [5.41, 5.74) is 3.69. The normalized spacial score (nSPS) is 15.0. The number of nitrogens with zero attached hydrogens (tertiary/aromatic N) is 1. The molecule has 1 fully saturated rings. The Bertz CT molecular complexity index is 1070. The van der Waals surface area contributed by atoms with Gasteiger partial charge in [0, 0.05) is 10.0 Å². The van der Waals surface area contributed by atoms with E-state index in [2.05, 4.69) is 21.9 Å². The van der Waals surface area contributed by atoms with Crippen molar-refractivity contribution in [3.63, 3.8) is 0 Å². The van der Waals surface area contributed by atoms with Crippen molar-refractivity contribution in [3.8, 4) is 23.8 Å². The third kappa shape index (κ3) is 4.50. The van der Waals surface area contributed by atoms with E-state index in [0.717, 1.165) is 21.3 Å². The fourth-order valence-electron chi connectivity index (χ4n) is 2.81. The number of thioether (sulfide) groups is 1. The van der Waals surface area contributed by atoms with Crippen LogP contribution in [0.15, 0.2) is 39.7 Å². The van der Waals surface area contributed by atoms with Crippen LogP contribution in [0.25, 0.3) is 6.08 Å². The van der Waals surface area contributed by atoms with Gasteiger partial charge in [-0.3, -0.25) is 9.69 Å². The summed E-state index contributed by atoms with van der Waals surface area (Å²) < 4.78 is 12.4. The van der Waals surface area contributed by atoms with Gasteiger partial charge < -0.3 is 9.47 Å². The molecule has 1 saturated heterocycles. The highest BCUT2D eigenvalue weighted by molar-refractivity contribution is 9.10. The first kappa shape index (κ1) is 21.4. The predicted octanol–water partition coefficient (Wildman–Crippen LogP) is 5.49. The van der Waals surface area contributed by atoms with Gasteiger partial charge in [0.2, 0.25) is 0 Å². The van der Waals surface area contributed by atoms with E-state index >= 15 is 0 Å². The van der Waals surface area contributed by atoms with E-state index in [-0.39, 0.29) is 12.5 Å². The summed E-state index contributed by atoms with van der Waals surface area (Å²) in [7, 11) is 1.55. The Morgan fingerprint density at radius 1 is 1.28 bits per heavy atom. The standard InChI is InChI=1S/C22H18BrNO3S2/c1-5-8-27-20-15(10-16(23)12-18(20)26-4)11-19-21(25)24(22(28)29-19)17-7-6-13(2)14(3)9-17/h1,6-7,9-12H,8H2,2-4H3/b19-11+. The van der Waals surface area contributed by atoms with Gasteiger partial charge in [0.15, 0.2) is 15.8 Å². The van der Waals surface area contributed by atoms with Gasteiger partial charge in [-0.1, -0.05) is 51.9 Å². The lowest BCUT2D eigenvalue weighted by Gasteiger charge is -2.16. The quantitative estimate of drug-likeness (QED) is 0.316. The van der Waals surface area contributed by atoms with Crippen LogP contribution in [0.1, 0.15) is 16.7 Å². The van der Waals surface area contributed by atoms with Crippen LogP contribution in [0.5, 0.6) is 11.5 Å². The van der Waals surface area contributed by atoms with Gasteiger partial charge in [-0.15, -0.1) is 6.42 Å². The third-order valence-electron chi connectivity index (χ3n) is 4.40. The summed E-state index contributed by atoms with van der Waals surface area (Å²) in [6.45, 7) is 4.12. The number of carbonyl (C=O) groups is 1. The van der Waals surface area contributed by atoms with Crippen molar-refractivity contribution in [3.05, 3.63) is 56.4 Å². The molecule has 0 N–H and O–H groups in total. The SMILES string of the molecule is C#CCOc1c(/C=C2/SC(=S)N(c3ccc(C)c(C)c3)C2=O)cc(Br)cc1OC. The average molecular weight is 488 g/mol. The van der Waals surface area contributed by atoms with E-state index in [1.807, 2.05) is 38.1 Å². The molecular weight excluding hydrogens is 470 g/mol. The Morgan fingerprint density at radius 3 is 2.69 bits per heavy atom. The molecule has 0 spiro atoms. The molecule has 2 aromatic carbocycles. The number of thiocarbonyl (C=S) groups is 1. The number of rotatable bonds is 5. The zero-order valence-corrected chi connectivity index (χ0v) is 19.3. The Balaban J connectivity index is 2.02. The van der Waals surface area contributed by atoms with Crippen molar-refractivity contribution in [2.24, 2.45) is 0 Å². The number of aryl methyl sites for hydroxylation is 2. The molecule has 0 aromatic heterocycles. The molecule has 0 atom stereocenters. The van der Waals surface area contributed by atoms with E-state index in [4.69, 9.17) is 28.1 Å². The van der Waals surface area contributed by atoms with Crippen LogP contribution in [0.2, 0.25) is 0 Å². The zero-order chi connectivity index (χ0) is 21.1. The number of carbonyl (C=O) groups excluding carboxylic acids is 1. The van der Waals surface area contributed by atoms with Crippen LogP contribution < -0.4 is 14.4 Å². The number of ether oxygens (including phenoxy) is 2. The predicted molar refractivity (Wildman–Crippen MR) is 127 cm³/mol. The minimum Gasteiger partial charge on any atom is -0.493 e. The van der Waals surface area contributed by atoms with Crippen molar-refractivity contribution in [2.75, 3.05) is 18.6 Å². The van der Waals surface area contributed by atoms with E-state index in [1.54, 1.807) is 24.2 Å². The maximum atomic E-state index is 13.1. The monoisotopic (exact) mass is 487 g/mol. The van der Waals surface area contributed by atoms with Crippen LogP contribution in [0.3, 0.4) is 0 Å². The second-order valence-electron chi connectivity index (χ2n) is 6.30. The van der Waals surface area contributed by atoms with Crippen molar-refractivity contribution in [2.45, 2.75) is 13.8 Å². The highest BCUT2D eigenvalue weighted by atomic mass is 79.9. The smallest absolute Gasteiger partial charge is 0.270 e. The number of hydrogen-bond acceptors (Lipinski definition) is 5. The Kier molecular flexibility index (Phi) is 6.68. The first-order valence-corrected chi connectivity index (χ1v) is 10.7. The maximum absolute atomic E-state index is 13.1. The van der Waals surface area contributed by atoms with Gasteiger partial charge in [-0.05, 0) is 55.3 Å². The van der Waals surface area contributed by atoms with Crippen LogP contribution in [0.4, 0.5) is 5.69 Å². The molecular formula is C22H18BrNO3S2. The third-order valence-corrected chi connectivity index (χ3v) is 6.16. The minimum absolute atomic E-state index is 0.0857. The summed E-state index contributed by atoms with van der Waals surface area (Å²) in [6, 6.07) is 9.48. The van der Waals surface area contributed by atoms with Gasteiger partial charge in [0.1, 0.15) is 6.61 Å². The van der Waals surface area contributed by atoms with E-state index in [0.29, 0.717) is 26.3 Å². The lowest BCUT2D eigenvalue weighted by Crippen LogP contribution is -2.27. The van der Waals surface area contributed by atoms with Gasteiger partial charge in [-0.2, -0.15) is 0 Å². The van der Waals surface area contributed by atoms with Crippen molar-refractivity contribution < 1.29 is 14.3 Å². The highest BCUT2D eigenvalue weighted by Crippen LogP contribution is 2.41. The second-order valence-corrected chi connectivity index (χ2v) is 8.90. The number of halogens is 1. The summed E-state index contributed by atoms with van der Waals surface area (Å²) in [4.78, 5) is 15.2. The zero-order valence-electron chi connectivity index (χ0n) is 16.1. The molecule has 29 heavy (non-hydrogen) atoms. The summed E-state index contributed by atoms with van der Waals surface area (Å²) >= 11 is 10.2. The first-order chi connectivity index (χ1) is 13.8. The molecule has 148 valence electrons. The molecule has 0 bridgehead atoms. The lowest BCUT2D eigenvalue weighted by atomic mass is 10.1. The molecule has 0 unspecified atom stereocenters. The lowest BCUT2D eigenvalue weighted by molar-refractivity contribution is -0.113. The molecule has 3 rings (SSSR count). The van der Waals surface area contributed by atoms with Crippen molar-refractivity contribution in [1.82, 2.24) is 0 Å². The maximum Gasteiger partial charge on any atom is 0.270 e. The average Bonchev–Trinajstić information content (AvgIpc) is 2.96. The second kappa shape index (κ2) is 9.04. The van der Waals surface area contributed by atoms with E-state index < -0.39 is 0 Å². The molecule has 1 aliphatic heterocycles. The van der Waals surface area contributed by atoms with Gasteiger partial charge in [0.25, 0.3) is 5.91 Å². The number of terminal acetylenes is 1. The van der Waals surface area contributed by atoms with Gasteiger partial charge >= 0.3 is 0 Å². The fraction of sp³-hybridized carbons (Fsp3) is 0.182. The molecule has 0 radical (unpaired) electrons. The van der Waals surface area contributed by atoms with Gasteiger partial charge in [0.05, 0.1) is 17.7 Å². The largest absolute Gasteiger partial charge is 0.493 e. The topological polar surface area (TPSA) is 38.8 Å². The molecule has 1 amide bonds. The molecule has 7 heteroatoms. The Morgan fingerprint density at radius 2 is 2.03 bits per heavy atom. The highest BCUT2D eigenvalue weighted by Gasteiger charge is 2.33. The number of methoxy groups -OCH3 is 1. The van der Waals surface area contributed by atoms with Gasteiger partial charge in [-0.25, -0.2) is 0 Å². The minimum atomic E-state index is -0.176. The number of benzene rings is 2. The van der Waals surface area contributed by atoms with Crippen molar-refractivity contribution >= 4 is 61.9 Å². The van der Waals surface area contributed by atoms with Crippen LogP contribution in [-0.2, 0) is 4.79 Å². The molecule has 2 aromatic rings. The summed E-state index contributed by atoms with van der Waals surface area (Å²) in [6.07, 6.45) is 7.08. The Labute approximate surface area is 188 Å². The fourth-order valence-corrected chi connectivity index (χ4v) is 4.56. The molecule has 0 aliphatic carbocycles. The van der Waals surface area contributed by atoms with Crippen molar-refractivity contribution in [1.29, 1.82) is 0 Å². The van der Waals surface area contributed by atoms with E-state index in [9.17, 15) is 4.79 Å². The van der Waals surface area contributed by atoms with E-state index in [1.165, 1.54) is 11.8 Å². The molecule has 1 heterocycles. The molecule has 4 nitrogen and oxygen atoms in total. The Hall–Kier alpha value is -2.27. The summed E-state index contributed by atoms with van der Waals surface area (Å²) in [5, 5.41) is 0. The number of amides is 1. The summed E-state index contributed by atoms with van der Waals surface area (Å²) in [5.74, 6) is 3.27. The molecule has 1 aliphatic rings. The first-order valence-electron chi connectivity index (χ1n) is 8.64.